The van der Waals surface area contributed by atoms with Gasteiger partial charge in [-0.2, -0.15) is 0 Å². The van der Waals surface area contributed by atoms with Crippen molar-refractivity contribution in [2.75, 3.05) is 6.61 Å². The van der Waals surface area contributed by atoms with E-state index in [2.05, 4.69) is 11.4 Å². The number of amides is 1. The van der Waals surface area contributed by atoms with Crippen LogP contribution in [0.15, 0.2) is 48.5 Å². The monoisotopic (exact) mass is 327 g/mol. The van der Waals surface area contributed by atoms with Gasteiger partial charge in [-0.3, -0.25) is 4.79 Å². The molecule has 5 heteroatoms. The Balaban J connectivity index is 1.56. The van der Waals surface area contributed by atoms with Crippen molar-refractivity contribution in [3.8, 4) is 0 Å². The predicted molar refractivity (Wildman–Crippen MR) is 86.9 cm³/mol. The Bertz CT molecular complexity index is 760. The first-order valence-electron chi connectivity index (χ1n) is 7.93. The van der Waals surface area contributed by atoms with E-state index in [4.69, 9.17) is 4.74 Å². The molecule has 0 radical (unpaired) electrons. The lowest BCUT2D eigenvalue weighted by Crippen LogP contribution is -2.34. The number of carbonyl (C=O) groups is 2. The highest BCUT2D eigenvalue weighted by Crippen LogP contribution is 2.29. The molecule has 1 aliphatic carbocycles. The van der Waals surface area contributed by atoms with Crippen LogP contribution in [0.25, 0.3) is 0 Å². The standard InChI is InChI=1S/C19H18FNO3/c20-15-8-3-7-14(11-15)19(23)24-12-18(22)21-17-10-4-6-13-5-1-2-9-16(13)17/h1-3,5,7-9,11,17H,4,6,10,12H2,(H,21,22)/t17-/m1/s1. The van der Waals surface area contributed by atoms with E-state index in [1.165, 1.54) is 23.8 Å². The zero-order valence-corrected chi connectivity index (χ0v) is 13.1. The average Bonchev–Trinajstić information content (AvgIpc) is 2.60. The van der Waals surface area contributed by atoms with Gasteiger partial charge < -0.3 is 10.1 Å². The van der Waals surface area contributed by atoms with E-state index in [1.54, 1.807) is 0 Å². The maximum atomic E-state index is 13.1. The second kappa shape index (κ2) is 7.25. The van der Waals surface area contributed by atoms with Gasteiger partial charge in [0.15, 0.2) is 6.61 Å². The topological polar surface area (TPSA) is 55.4 Å². The third-order valence-electron chi connectivity index (χ3n) is 4.10. The molecule has 0 aromatic heterocycles. The number of carbonyl (C=O) groups excluding carboxylic acids is 2. The van der Waals surface area contributed by atoms with Crippen molar-refractivity contribution in [2.24, 2.45) is 0 Å². The van der Waals surface area contributed by atoms with Crippen LogP contribution in [-0.2, 0) is 16.0 Å². The maximum Gasteiger partial charge on any atom is 0.338 e. The molecule has 0 saturated carbocycles. The number of esters is 1. The fraction of sp³-hybridized carbons (Fsp3) is 0.263. The van der Waals surface area contributed by atoms with Crippen molar-refractivity contribution in [2.45, 2.75) is 25.3 Å². The summed E-state index contributed by atoms with van der Waals surface area (Å²) < 4.78 is 18.0. The van der Waals surface area contributed by atoms with Crippen LogP contribution < -0.4 is 5.32 Å². The molecule has 2 aromatic carbocycles. The molecular formula is C19H18FNO3. The number of halogens is 1. The molecule has 2 aromatic rings. The SMILES string of the molecule is O=C(COC(=O)c1cccc(F)c1)N[C@@H]1CCCc2ccccc21. The molecule has 0 bridgehead atoms. The molecule has 0 spiro atoms. The predicted octanol–water partition coefficient (Wildman–Crippen LogP) is 3.18. The number of benzene rings is 2. The van der Waals surface area contributed by atoms with Crippen molar-refractivity contribution < 1.29 is 18.7 Å². The Morgan fingerprint density at radius 3 is 2.83 bits per heavy atom. The fourth-order valence-electron chi connectivity index (χ4n) is 2.97. The normalized spacial score (nSPS) is 16.1. The molecule has 0 aliphatic heterocycles. The van der Waals surface area contributed by atoms with Gasteiger partial charge in [0.1, 0.15) is 5.82 Å². The summed E-state index contributed by atoms with van der Waals surface area (Å²) in [5, 5.41) is 2.90. The van der Waals surface area contributed by atoms with Gasteiger partial charge in [0, 0.05) is 0 Å². The third kappa shape index (κ3) is 3.79. The van der Waals surface area contributed by atoms with Gasteiger partial charge >= 0.3 is 5.97 Å². The summed E-state index contributed by atoms with van der Waals surface area (Å²) in [4.78, 5) is 23.9. The number of nitrogens with one attached hydrogen (secondary N) is 1. The number of aryl methyl sites for hydroxylation is 1. The zero-order valence-electron chi connectivity index (χ0n) is 13.1. The molecule has 124 valence electrons. The van der Waals surface area contributed by atoms with Gasteiger partial charge in [-0.05, 0) is 48.6 Å². The van der Waals surface area contributed by atoms with Crippen molar-refractivity contribution in [1.82, 2.24) is 5.32 Å². The van der Waals surface area contributed by atoms with Crippen LogP contribution in [0.5, 0.6) is 0 Å². The van der Waals surface area contributed by atoms with Crippen LogP contribution in [0.4, 0.5) is 4.39 Å². The Hall–Kier alpha value is -2.69. The molecule has 24 heavy (non-hydrogen) atoms. The Morgan fingerprint density at radius 1 is 1.17 bits per heavy atom. The van der Waals surface area contributed by atoms with E-state index in [1.807, 2.05) is 18.2 Å². The summed E-state index contributed by atoms with van der Waals surface area (Å²) in [7, 11) is 0. The lowest BCUT2D eigenvalue weighted by Gasteiger charge is -2.26. The van der Waals surface area contributed by atoms with Crippen molar-refractivity contribution in [3.63, 3.8) is 0 Å². The van der Waals surface area contributed by atoms with Crippen LogP contribution in [0.2, 0.25) is 0 Å². The molecule has 3 rings (SSSR count). The average molecular weight is 327 g/mol. The van der Waals surface area contributed by atoms with Gasteiger partial charge in [0.25, 0.3) is 5.91 Å². The Labute approximate surface area is 139 Å². The maximum absolute atomic E-state index is 13.1. The van der Waals surface area contributed by atoms with E-state index < -0.39 is 11.8 Å². The van der Waals surface area contributed by atoms with Crippen LogP contribution in [0.1, 0.15) is 40.4 Å². The van der Waals surface area contributed by atoms with Gasteiger partial charge in [-0.1, -0.05) is 30.3 Å². The van der Waals surface area contributed by atoms with Crippen molar-refractivity contribution >= 4 is 11.9 Å². The first-order valence-corrected chi connectivity index (χ1v) is 7.93. The van der Waals surface area contributed by atoms with Crippen molar-refractivity contribution in [3.05, 3.63) is 71.0 Å². The highest BCUT2D eigenvalue weighted by atomic mass is 19.1. The summed E-state index contributed by atoms with van der Waals surface area (Å²) in [6, 6.07) is 13.1. The number of hydrogen-bond donors (Lipinski definition) is 1. The van der Waals surface area contributed by atoms with Crippen LogP contribution in [0, 0.1) is 5.82 Å². The fourth-order valence-corrected chi connectivity index (χ4v) is 2.97. The minimum atomic E-state index is -0.714. The summed E-state index contributed by atoms with van der Waals surface area (Å²) in [6.07, 6.45) is 2.88. The quantitative estimate of drug-likeness (QED) is 0.878. The van der Waals surface area contributed by atoms with Gasteiger partial charge in [-0.15, -0.1) is 0 Å². The van der Waals surface area contributed by atoms with E-state index in [0.717, 1.165) is 30.9 Å². The second-order valence-corrected chi connectivity index (χ2v) is 5.80. The highest BCUT2D eigenvalue weighted by molar-refractivity contribution is 5.91. The molecule has 0 saturated heterocycles. The molecule has 1 aliphatic rings. The van der Waals surface area contributed by atoms with E-state index >= 15 is 0 Å². The third-order valence-corrected chi connectivity index (χ3v) is 4.10. The lowest BCUT2D eigenvalue weighted by atomic mass is 9.88. The molecule has 1 N–H and O–H groups in total. The molecule has 0 unspecified atom stereocenters. The molecule has 4 nitrogen and oxygen atoms in total. The van der Waals surface area contributed by atoms with Gasteiger partial charge in [0.2, 0.25) is 0 Å². The number of hydrogen-bond acceptors (Lipinski definition) is 3. The minimum Gasteiger partial charge on any atom is -0.452 e. The van der Waals surface area contributed by atoms with Crippen LogP contribution in [0.3, 0.4) is 0 Å². The molecule has 1 atom stereocenters. The number of ether oxygens (including phenoxy) is 1. The zero-order chi connectivity index (χ0) is 16.9. The largest absolute Gasteiger partial charge is 0.452 e. The molecular weight excluding hydrogens is 309 g/mol. The number of rotatable bonds is 4. The summed E-state index contributed by atoms with van der Waals surface area (Å²) in [6.45, 7) is -0.381. The first kappa shape index (κ1) is 16.2. The van der Waals surface area contributed by atoms with Crippen molar-refractivity contribution in [1.29, 1.82) is 0 Å². The van der Waals surface area contributed by atoms with Crippen LogP contribution >= 0.6 is 0 Å². The Kier molecular flexibility index (Phi) is 4.89. The van der Waals surface area contributed by atoms with Gasteiger partial charge in [0.05, 0.1) is 11.6 Å². The first-order chi connectivity index (χ1) is 11.6. The van der Waals surface area contributed by atoms with E-state index in [9.17, 15) is 14.0 Å². The summed E-state index contributed by atoms with van der Waals surface area (Å²) in [5.74, 6) is -1.59. The molecule has 0 heterocycles. The van der Waals surface area contributed by atoms with E-state index in [-0.39, 0.29) is 24.1 Å². The number of fused-ring (bicyclic) bond motifs is 1. The molecule has 0 fully saturated rings. The van der Waals surface area contributed by atoms with Crippen LogP contribution in [-0.4, -0.2) is 18.5 Å². The summed E-state index contributed by atoms with van der Waals surface area (Å²) in [5.41, 5.74) is 2.45. The smallest absolute Gasteiger partial charge is 0.338 e. The summed E-state index contributed by atoms with van der Waals surface area (Å²) >= 11 is 0. The van der Waals surface area contributed by atoms with E-state index in [0.29, 0.717) is 0 Å². The highest BCUT2D eigenvalue weighted by Gasteiger charge is 2.21. The minimum absolute atomic E-state index is 0.0599. The second-order valence-electron chi connectivity index (χ2n) is 5.80. The Morgan fingerprint density at radius 2 is 2.00 bits per heavy atom. The lowest BCUT2D eigenvalue weighted by molar-refractivity contribution is -0.125. The van der Waals surface area contributed by atoms with Gasteiger partial charge in [-0.25, -0.2) is 9.18 Å². The molecule has 1 amide bonds.